The number of nitrogens with zero attached hydrogens (tertiary/aromatic N) is 2. The van der Waals surface area contributed by atoms with Crippen LogP contribution in [0.25, 0.3) is 0 Å². The summed E-state index contributed by atoms with van der Waals surface area (Å²) in [5, 5.41) is 9.25. The van der Waals surface area contributed by atoms with E-state index in [9.17, 15) is 10.1 Å². The SMILES string of the molecule is COC(=O)c1c(Br)c(C#N)n(COCCS(C)(C)C)c1Br. The Morgan fingerprint density at radius 1 is 1.38 bits per heavy atom. The van der Waals surface area contributed by atoms with E-state index in [-0.39, 0.29) is 6.73 Å². The van der Waals surface area contributed by atoms with E-state index in [1.54, 1.807) is 4.57 Å². The van der Waals surface area contributed by atoms with Crippen LogP contribution in [0.15, 0.2) is 9.08 Å². The lowest BCUT2D eigenvalue weighted by molar-refractivity contribution is 0.0596. The van der Waals surface area contributed by atoms with Crippen molar-refractivity contribution in [3.05, 3.63) is 20.3 Å². The number of aromatic nitrogens is 1. The summed E-state index contributed by atoms with van der Waals surface area (Å²) in [6.45, 7) is 0.814. The smallest absolute Gasteiger partial charge is 0.341 e. The molecule has 0 amide bonds. The van der Waals surface area contributed by atoms with Gasteiger partial charge in [0.1, 0.15) is 28.7 Å². The van der Waals surface area contributed by atoms with Crippen molar-refractivity contribution in [1.82, 2.24) is 4.57 Å². The van der Waals surface area contributed by atoms with Crippen LogP contribution in [0.3, 0.4) is 0 Å². The van der Waals surface area contributed by atoms with E-state index in [0.717, 1.165) is 5.75 Å². The molecule has 0 spiro atoms. The zero-order valence-electron chi connectivity index (χ0n) is 12.4. The molecule has 0 bridgehead atoms. The van der Waals surface area contributed by atoms with Gasteiger partial charge in [0.15, 0.2) is 0 Å². The minimum Gasteiger partial charge on any atom is -0.465 e. The standard InChI is InChI=1S/C13H18Br2N2O3S/c1-19-13(18)10-11(14)9(7-16)17(12(10)15)8-20-5-6-21(2,3)4/h5-6,8H2,1-4H3. The number of halogens is 2. The zero-order valence-corrected chi connectivity index (χ0v) is 16.4. The Kier molecular flexibility index (Phi) is 6.78. The fourth-order valence-corrected chi connectivity index (χ4v) is 3.71. The maximum absolute atomic E-state index is 11.8. The van der Waals surface area contributed by atoms with Gasteiger partial charge in [-0.1, -0.05) is 0 Å². The number of nitriles is 1. The molecule has 0 aliphatic heterocycles. The Morgan fingerprint density at radius 2 is 2.00 bits per heavy atom. The molecule has 0 aliphatic rings. The van der Waals surface area contributed by atoms with E-state index in [0.29, 0.717) is 26.9 Å². The highest BCUT2D eigenvalue weighted by Crippen LogP contribution is 2.34. The van der Waals surface area contributed by atoms with Crippen molar-refractivity contribution in [3.8, 4) is 6.07 Å². The first-order valence-electron chi connectivity index (χ1n) is 6.02. The van der Waals surface area contributed by atoms with Crippen LogP contribution in [0.4, 0.5) is 0 Å². The Morgan fingerprint density at radius 3 is 2.48 bits per heavy atom. The van der Waals surface area contributed by atoms with Crippen LogP contribution < -0.4 is 0 Å². The van der Waals surface area contributed by atoms with Gasteiger partial charge in [-0.25, -0.2) is 14.8 Å². The molecule has 0 aromatic carbocycles. The van der Waals surface area contributed by atoms with Gasteiger partial charge in [-0.3, -0.25) is 0 Å². The zero-order chi connectivity index (χ0) is 16.2. The molecule has 1 aromatic heterocycles. The number of rotatable bonds is 6. The predicted molar refractivity (Wildman–Crippen MR) is 92.1 cm³/mol. The largest absolute Gasteiger partial charge is 0.465 e. The molecule has 0 radical (unpaired) electrons. The van der Waals surface area contributed by atoms with Gasteiger partial charge in [-0.05, 0) is 50.6 Å². The third-order valence-corrected chi connectivity index (χ3v) is 5.68. The molecule has 118 valence electrons. The highest BCUT2D eigenvalue weighted by molar-refractivity contribution is 9.11. The normalized spacial score (nSPS) is 12.0. The molecule has 0 N–H and O–H groups in total. The monoisotopic (exact) mass is 440 g/mol. The van der Waals surface area contributed by atoms with Gasteiger partial charge in [-0.2, -0.15) is 5.26 Å². The van der Waals surface area contributed by atoms with Crippen LogP contribution >= 0.6 is 41.9 Å². The fraction of sp³-hybridized carbons (Fsp3) is 0.538. The van der Waals surface area contributed by atoms with E-state index >= 15 is 0 Å². The Hall–Kier alpha value is -0.490. The maximum atomic E-state index is 11.8. The molecule has 0 unspecified atom stereocenters. The molecule has 8 heteroatoms. The van der Waals surface area contributed by atoms with Crippen molar-refractivity contribution in [3.63, 3.8) is 0 Å². The quantitative estimate of drug-likeness (QED) is 0.501. The Labute approximate surface area is 143 Å². The van der Waals surface area contributed by atoms with Crippen LogP contribution in [0.1, 0.15) is 16.1 Å². The first kappa shape index (κ1) is 18.6. The Bertz CT molecular complexity index is 573. The fourth-order valence-electron chi connectivity index (χ4n) is 1.53. The first-order chi connectivity index (χ1) is 9.72. The van der Waals surface area contributed by atoms with Crippen molar-refractivity contribution in [2.45, 2.75) is 6.73 Å². The second-order valence-electron chi connectivity index (χ2n) is 5.19. The lowest BCUT2D eigenvalue weighted by Crippen LogP contribution is -2.11. The number of esters is 1. The topological polar surface area (TPSA) is 64.2 Å². The van der Waals surface area contributed by atoms with Gasteiger partial charge < -0.3 is 14.0 Å². The number of hydrogen-bond donors (Lipinski definition) is 0. The van der Waals surface area contributed by atoms with E-state index in [1.807, 2.05) is 0 Å². The van der Waals surface area contributed by atoms with E-state index in [2.05, 4.69) is 56.7 Å². The van der Waals surface area contributed by atoms with Crippen LogP contribution in [-0.2, 0) is 16.2 Å². The lowest BCUT2D eigenvalue weighted by atomic mass is 10.3. The second-order valence-corrected chi connectivity index (χ2v) is 11.3. The molecule has 0 atom stereocenters. The van der Waals surface area contributed by atoms with E-state index in [4.69, 9.17) is 9.47 Å². The summed E-state index contributed by atoms with van der Waals surface area (Å²) >= 11 is 6.60. The average molecular weight is 442 g/mol. The Balaban J connectivity index is 2.93. The van der Waals surface area contributed by atoms with Crippen LogP contribution in [-0.4, -0.2) is 48.8 Å². The minimum atomic E-state index is -0.619. The van der Waals surface area contributed by atoms with Crippen LogP contribution in [0, 0.1) is 11.3 Å². The maximum Gasteiger partial charge on any atom is 0.341 e. The summed E-state index contributed by atoms with van der Waals surface area (Å²) in [5.41, 5.74) is 0.615. The second kappa shape index (κ2) is 7.68. The number of ether oxygens (including phenoxy) is 2. The molecule has 0 aliphatic carbocycles. The van der Waals surface area contributed by atoms with Gasteiger partial charge >= 0.3 is 5.97 Å². The molecule has 1 heterocycles. The molecule has 0 saturated carbocycles. The molecular weight excluding hydrogens is 424 g/mol. The number of carbonyl (C=O) groups is 1. The van der Waals surface area contributed by atoms with Gasteiger partial charge in [0.2, 0.25) is 0 Å². The number of carbonyl (C=O) groups excluding carboxylic acids is 1. The minimum absolute atomic E-state index is 0.203. The van der Waals surface area contributed by atoms with Crippen molar-refractivity contribution < 1.29 is 14.3 Å². The molecular formula is C13H18Br2N2O3S. The summed E-state index contributed by atoms with van der Waals surface area (Å²) in [6.07, 6.45) is 6.65. The molecule has 0 saturated heterocycles. The highest BCUT2D eigenvalue weighted by Gasteiger charge is 2.25. The first-order valence-corrected chi connectivity index (χ1v) is 10.6. The molecule has 1 aromatic rings. The number of hydrogen-bond acceptors (Lipinski definition) is 4. The summed E-state index contributed by atoms with van der Waals surface area (Å²) in [7, 11) is 0.680. The van der Waals surface area contributed by atoms with Gasteiger partial charge in [0, 0.05) is 5.75 Å². The molecule has 21 heavy (non-hydrogen) atoms. The molecule has 1 rings (SSSR count). The van der Waals surface area contributed by atoms with Gasteiger partial charge in [-0.15, -0.1) is 0 Å². The lowest BCUT2D eigenvalue weighted by Gasteiger charge is -2.24. The van der Waals surface area contributed by atoms with Crippen LogP contribution in [0.2, 0.25) is 0 Å². The summed E-state index contributed by atoms with van der Waals surface area (Å²) < 4.78 is 12.8. The summed E-state index contributed by atoms with van der Waals surface area (Å²) in [5.74, 6) is 0.474. The summed E-state index contributed by atoms with van der Waals surface area (Å²) in [6, 6.07) is 2.06. The van der Waals surface area contributed by atoms with E-state index < -0.39 is 16.0 Å². The van der Waals surface area contributed by atoms with Gasteiger partial charge in [0.05, 0.1) is 18.2 Å². The highest BCUT2D eigenvalue weighted by atomic mass is 79.9. The van der Waals surface area contributed by atoms with Gasteiger partial charge in [0.25, 0.3) is 0 Å². The number of methoxy groups -OCH3 is 1. The van der Waals surface area contributed by atoms with E-state index in [1.165, 1.54) is 7.11 Å². The summed E-state index contributed by atoms with van der Waals surface area (Å²) in [4.78, 5) is 11.8. The van der Waals surface area contributed by atoms with Crippen LogP contribution in [0.5, 0.6) is 0 Å². The van der Waals surface area contributed by atoms with Crippen molar-refractivity contribution >= 4 is 47.9 Å². The molecule has 0 fully saturated rings. The van der Waals surface area contributed by atoms with Crippen molar-refractivity contribution in [2.24, 2.45) is 0 Å². The third kappa shape index (κ3) is 4.74. The van der Waals surface area contributed by atoms with Crippen molar-refractivity contribution in [2.75, 3.05) is 38.2 Å². The average Bonchev–Trinajstić information content (AvgIpc) is 2.63. The van der Waals surface area contributed by atoms with Crippen molar-refractivity contribution in [1.29, 1.82) is 5.26 Å². The molecule has 5 nitrogen and oxygen atoms in total. The predicted octanol–water partition coefficient (Wildman–Crippen LogP) is 3.34. The third-order valence-electron chi connectivity index (χ3n) is 2.70.